The summed E-state index contributed by atoms with van der Waals surface area (Å²) in [6, 6.07) is 0. The van der Waals surface area contributed by atoms with Crippen molar-refractivity contribution in [3.63, 3.8) is 0 Å². The zero-order valence-electron chi connectivity index (χ0n) is 11.5. The van der Waals surface area contributed by atoms with Crippen LogP contribution in [0.15, 0.2) is 11.6 Å². The Balaban J connectivity index is 1.90. The van der Waals surface area contributed by atoms with Gasteiger partial charge in [0.25, 0.3) is 0 Å². The van der Waals surface area contributed by atoms with E-state index in [1.807, 2.05) is 0 Å². The van der Waals surface area contributed by atoms with E-state index < -0.39 is 0 Å². The number of ether oxygens (including phenoxy) is 1. The minimum atomic E-state index is 0.249. The number of epoxide rings is 1. The van der Waals surface area contributed by atoms with Crippen LogP contribution in [0.4, 0.5) is 0 Å². The summed E-state index contributed by atoms with van der Waals surface area (Å²) < 4.78 is 5.94. The zero-order chi connectivity index (χ0) is 12.0. The van der Waals surface area contributed by atoms with Gasteiger partial charge in [-0.15, -0.1) is 0 Å². The minimum Gasteiger partial charge on any atom is -0.362 e. The maximum Gasteiger partial charge on any atom is 0.106 e. The molecule has 1 unspecified atom stereocenters. The predicted molar refractivity (Wildman–Crippen MR) is 68.4 cm³/mol. The highest BCUT2D eigenvalue weighted by Crippen LogP contribution is 2.53. The van der Waals surface area contributed by atoms with Gasteiger partial charge in [-0.3, -0.25) is 0 Å². The molecule has 1 aliphatic carbocycles. The van der Waals surface area contributed by atoms with Crippen molar-refractivity contribution in [1.82, 2.24) is 0 Å². The lowest BCUT2D eigenvalue weighted by molar-refractivity contribution is 0.125. The van der Waals surface area contributed by atoms with Crippen molar-refractivity contribution in [3.8, 4) is 0 Å². The molecule has 0 aromatic rings. The van der Waals surface area contributed by atoms with Crippen LogP contribution in [0, 0.1) is 11.3 Å². The molecule has 1 saturated heterocycles. The van der Waals surface area contributed by atoms with Crippen molar-refractivity contribution in [3.05, 3.63) is 11.6 Å². The van der Waals surface area contributed by atoms with E-state index in [4.69, 9.17) is 4.74 Å². The molecule has 1 aliphatic heterocycles. The molecule has 1 heteroatoms. The fourth-order valence-corrected chi connectivity index (χ4v) is 3.08. The molecular formula is C15H26O. The van der Waals surface area contributed by atoms with Gasteiger partial charge < -0.3 is 4.74 Å². The predicted octanol–water partition coefficient (Wildman–Crippen LogP) is 4.33. The molecule has 0 N–H and O–H groups in total. The van der Waals surface area contributed by atoms with Gasteiger partial charge in [0, 0.05) is 0 Å². The smallest absolute Gasteiger partial charge is 0.106 e. The van der Waals surface area contributed by atoms with Crippen molar-refractivity contribution in [2.75, 3.05) is 0 Å². The highest BCUT2D eigenvalue weighted by Gasteiger charge is 2.56. The van der Waals surface area contributed by atoms with Gasteiger partial charge in [-0.05, 0) is 50.9 Å². The summed E-state index contributed by atoms with van der Waals surface area (Å²) in [5.74, 6) is 0.884. The van der Waals surface area contributed by atoms with E-state index in [1.165, 1.54) is 31.3 Å². The quantitative estimate of drug-likeness (QED) is 0.475. The monoisotopic (exact) mass is 222 g/mol. The first kappa shape index (κ1) is 12.2. The molecule has 0 aromatic heterocycles. The van der Waals surface area contributed by atoms with E-state index in [0.717, 1.165) is 5.92 Å². The summed E-state index contributed by atoms with van der Waals surface area (Å²) >= 11 is 0. The first-order valence-corrected chi connectivity index (χ1v) is 6.66. The Bertz CT molecular complexity index is 283. The fourth-order valence-electron chi connectivity index (χ4n) is 3.08. The van der Waals surface area contributed by atoms with Crippen molar-refractivity contribution in [2.24, 2.45) is 11.3 Å². The highest BCUT2D eigenvalue weighted by atomic mass is 16.6. The third kappa shape index (κ3) is 2.34. The number of rotatable bonds is 1. The van der Waals surface area contributed by atoms with Gasteiger partial charge in [0.2, 0.25) is 0 Å². The van der Waals surface area contributed by atoms with Crippen molar-refractivity contribution in [2.45, 2.75) is 72.0 Å². The summed E-state index contributed by atoms with van der Waals surface area (Å²) in [5, 5.41) is 0. The van der Waals surface area contributed by atoms with Crippen LogP contribution < -0.4 is 0 Å². The molecule has 1 heterocycles. The van der Waals surface area contributed by atoms with E-state index in [9.17, 15) is 0 Å². The maximum absolute atomic E-state index is 5.94. The summed E-state index contributed by atoms with van der Waals surface area (Å²) in [6.07, 6.45) is 7.95. The van der Waals surface area contributed by atoms with Gasteiger partial charge in [-0.2, -0.15) is 0 Å². The maximum atomic E-state index is 5.94. The lowest BCUT2D eigenvalue weighted by Gasteiger charge is -2.36. The SMILES string of the molecule is CC(C)=CC1OC12CCC(C(C)(C)C)CC2. The lowest BCUT2D eigenvalue weighted by Crippen LogP contribution is -2.30. The van der Waals surface area contributed by atoms with Crippen molar-refractivity contribution >= 4 is 0 Å². The third-order valence-electron chi connectivity index (χ3n) is 4.36. The van der Waals surface area contributed by atoms with Crippen LogP contribution in [0.5, 0.6) is 0 Å². The molecule has 0 amide bonds. The second-order valence-corrected chi connectivity index (χ2v) is 6.99. The molecule has 0 bridgehead atoms. The van der Waals surface area contributed by atoms with Crippen LogP contribution in [0.2, 0.25) is 0 Å². The van der Waals surface area contributed by atoms with E-state index in [0.29, 0.717) is 11.5 Å². The summed E-state index contributed by atoms with van der Waals surface area (Å²) in [6.45, 7) is 11.4. The lowest BCUT2D eigenvalue weighted by atomic mass is 9.69. The Hall–Kier alpha value is -0.300. The van der Waals surface area contributed by atoms with Crippen LogP contribution in [0.25, 0.3) is 0 Å². The molecule has 0 radical (unpaired) electrons. The second-order valence-electron chi connectivity index (χ2n) is 6.99. The Labute approximate surface area is 100 Å². The first-order valence-electron chi connectivity index (χ1n) is 6.66. The van der Waals surface area contributed by atoms with Crippen LogP contribution >= 0.6 is 0 Å². The molecule has 2 aliphatic rings. The minimum absolute atomic E-state index is 0.249. The fraction of sp³-hybridized carbons (Fsp3) is 0.867. The summed E-state index contributed by atoms with van der Waals surface area (Å²) in [5.41, 5.74) is 2.11. The number of hydrogen-bond donors (Lipinski definition) is 0. The molecule has 1 saturated carbocycles. The molecule has 0 aromatic carbocycles. The molecular weight excluding hydrogens is 196 g/mol. The van der Waals surface area contributed by atoms with Gasteiger partial charge in [0.05, 0.1) is 5.60 Å². The van der Waals surface area contributed by atoms with E-state index in [2.05, 4.69) is 40.7 Å². The standard InChI is InChI=1S/C15H26O/c1-11(2)10-13-15(16-13)8-6-12(7-9-15)14(3,4)5/h10,12-13H,6-9H2,1-5H3. The molecule has 1 spiro atoms. The Morgan fingerprint density at radius 2 is 1.75 bits per heavy atom. The Kier molecular flexibility index (Phi) is 2.94. The number of allylic oxidation sites excluding steroid dienone is 1. The normalized spacial score (nSPS) is 38.6. The van der Waals surface area contributed by atoms with Crippen molar-refractivity contribution in [1.29, 1.82) is 0 Å². The molecule has 1 nitrogen and oxygen atoms in total. The van der Waals surface area contributed by atoms with Gasteiger partial charge in [0.15, 0.2) is 0 Å². The molecule has 1 atom stereocenters. The average Bonchev–Trinajstić information content (AvgIpc) is 2.76. The Morgan fingerprint density at radius 1 is 1.19 bits per heavy atom. The first-order chi connectivity index (χ1) is 7.33. The summed E-state index contributed by atoms with van der Waals surface area (Å²) in [7, 11) is 0. The molecule has 2 rings (SSSR count). The second kappa shape index (κ2) is 3.87. The molecule has 16 heavy (non-hydrogen) atoms. The van der Waals surface area contributed by atoms with Gasteiger partial charge in [-0.25, -0.2) is 0 Å². The zero-order valence-corrected chi connectivity index (χ0v) is 11.5. The van der Waals surface area contributed by atoms with Crippen LogP contribution in [-0.4, -0.2) is 11.7 Å². The highest BCUT2D eigenvalue weighted by molar-refractivity contribution is 5.17. The van der Waals surface area contributed by atoms with E-state index >= 15 is 0 Å². The van der Waals surface area contributed by atoms with Gasteiger partial charge in [-0.1, -0.05) is 32.4 Å². The van der Waals surface area contributed by atoms with Crippen LogP contribution in [0.3, 0.4) is 0 Å². The topological polar surface area (TPSA) is 12.5 Å². The van der Waals surface area contributed by atoms with Crippen LogP contribution in [-0.2, 0) is 4.74 Å². The number of hydrogen-bond acceptors (Lipinski definition) is 1. The molecule has 92 valence electrons. The van der Waals surface area contributed by atoms with Crippen LogP contribution in [0.1, 0.15) is 60.3 Å². The van der Waals surface area contributed by atoms with Gasteiger partial charge in [0.1, 0.15) is 6.10 Å². The largest absolute Gasteiger partial charge is 0.362 e. The average molecular weight is 222 g/mol. The summed E-state index contributed by atoms with van der Waals surface area (Å²) in [4.78, 5) is 0. The third-order valence-corrected chi connectivity index (χ3v) is 4.36. The Morgan fingerprint density at radius 3 is 2.19 bits per heavy atom. The van der Waals surface area contributed by atoms with Crippen molar-refractivity contribution < 1.29 is 4.74 Å². The van der Waals surface area contributed by atoms with E-state index in [1.54, 1.807) is 0 Å². The van der Waals surface area contributed by atoms with Gasteiger partial charge >= 0.3 is 0 Å². The van der Waals surface area contributed by atoms with E-state index in [-0.39, 0.29) is 5.60 Å². The molecule has 2 fully saturated rings.